The number of hydrogen-bond acceptors (Lipinski definition) is 4. The van der Waals surface area contributed by atoms with Gasteiger partial charge in [0.15, 0.2) is 5.69 Å². The zero-order valence-electron chi connectivity index (χ0n) is 11.8. The highest BCUT2D eigenvalue weighted by atomic mass is 35.5. The van der Waals surface area contributed by atoms with Crippen LogP contribution in [0.25, 0.3) is 0 Å². The average molecular weight is 319 g/mol. The molecule has 0 radical (unpaired) electrons. The number of rotatable bonds is 4. The summed E-state index contributed by atoms with van der Waals surface area (Å²) in [4.78, 5) is 12.0. The predicted octanol–water partition coefficient (Wildman–Crippen LogP) is 2.12. The highest BCUT2D eigenvalue weighted by Gasteiger charge is 2.27. The lowest BCUT2D eigenvalue weighted by molar-refractivity contribution is -0.00176. The maximum absolute atomic E-state index is 12.0. The number of nitrogens with zero attached hydrogens (tertiary/aromatic N) is 3. The summed E-state index contributed by atoms with van der Waals surface area (Å²) in [5.74, 6) is -0.269. The second kappa shape index (κ2) is 6.29. The minimum atomic E-state index is -0.269. The van der Waals surface area contributed by atoms with Crippen LogP contribution in [0.5, 0.6) is 0 Å². The van der Waals surface area contributed by atoms with Crippen molar-refractivity contribution in [1.82, 2.24) is 20.3 Å². The minimum Gasteiger partial charge on any atom is -0.365 e. The quantitative estimate of drug-likeness (QED) is 0.877. The van der Waals surface area contributed by atoms with E-state index in [1.165, 1.54) is 0 Å². The largest absolute Gasteiger partial charge is 0.365 e. The number of fused-ring (bicyclic) bond motifs is 1. The van der Waals surface area contributed by atoms with Gasteiger partial charge in [0.1, 0.15) is 6.10 Å². The van der Waals surface area contributed by atoms with E-state index in [1.54, 1.807) is 10.8 Å². The summed E-state index contributed by atoms with van der Waals surface area (Å²) in [6.07, 6.45) is 1.48. The molecule has 1 N–H and O–H groups in total. The van der Waals surface area contributed by atoms with Crippen LogP contribution < -0.4 is 5.32 Å². The van der Waals surface area contributed by atoms with Crippen LogP contribution in [0.4, 0.5) is 0 Å². The number of benzene rings is 1. The van der Waals surface area contributed by atoms with Crippen LogP contribution in [-0.4, -0.2) is 27.4 Å². The number of halogens is 1. The van der Waals surface area contributed by atoms with Gasteiger partial charge in [-0.2, -0.15) is 0 Å². The van der Waals surface area contributed by atoms with Gasteiger partial charge < -0.3 is 10.1 Å². The third-order valence-corrected chi connectivity index (χ3v) is 3.71. The Morgan fingerprint density at radius 2 is 2.27 bits per heavy atom. The molecule has 1 aromatic heterocycles. The molecule has 1 aromatic carbocycles. The number of aromatic nitrogens is 3. The molecule has 2 heterocycles. The van der Waals surface area contributed by atoms with Crippen molar-refractivity contribution in [2.75, 3.05) is 6.54 Å². The maximum atomic E-state index is 12.0. The number of carbonyl (C=O) groups excluding carboxylic acids is 1. The van der Waals surface area contributed by atoms with Crippen molar-refractivity contribution in [3.05, 3.63) is 58.9 Å². The summed E-state index contributed by atoms with van der Waals surface area (Å²) in [7, 11) is 0. The molecule has 1 aliphatic heterocycles. The van der Waals surface area contributed by atoms with Gasteiger partial charge >= 0.3 is 0 Å². The number of carbonyl (C=O) groups is 1. The molecular formula is C15H15ClN4O2. The van der Waals surface area contributed by atoms with Crippen molar-refractivity contribution in [2.24, 2.45) is 0 Å². The zero-order valence-corrected chi connectivity index (χ0v) is 12.6. The SMILES string of the molecule is C=CCNC(=O)c1nnn2c1CO[C@H](c1ccc(Cl)cc1)C2. The highest BCUT2D eigenvalue weighted by Crippen LogP contribution is 2.27. The van der Waals surface area contributed by atoms with Crippen molar-refractivity contribution in [2.45, 2.75) is 19.3 Å². The Morgan fingerprint density at radius 1 is 1.50 bits per heavy atom. The molecule has 0 saturated heterocycles. The predicted molar refractivity (Wildman–Crippen MR) is 81.5 cm³/mol. The summed E-state index contributed by atoms with van der Waals surface area (Å²) in [6.45, 7) is 4.75. The van der Waals surface area contributed by atoms with E-state index in [0.29, 0.717) is 29.5 Å². The summed E-state index contributed by atoms with van der Waals surface area (Å²) >= 11 is 5.89. The van der Waals surface area contributed by atoms with E-state index in [1.807, 2.05) is 24.3 Å². The van der Waals surface area contributed by atoms with Gasteiger partial charge in [0.2, 0.25) is 0 Å². The first-order valence-corrected chi connectivity index (χ1v) is 7.25. The second-order valence-electron chi connectivity index (χ2n) is 4.92. The number of amides is 1. The van der Waals surface area contributed by atoms with E-state index in [4.69, 9.17) is 16.3 Å². The molecule has 1 amide bonds. The van der Waals surface area contributed by atoms with Gasteiger partial charge in [-0.15, -0.1) is 11.7 Å². The number of hydrogen-bond donors (Lipinski definition) is 1. The van der Waals surface area contributed by atoms with Gasteiger partial charge in [0.25, 0.3) is 5.91 Å². The molecule has 0 fully saturated rings. The molecule has 1 atom stereocenters. The second-order valence-corrected chi connectivity index (χ2v) is 5.35. The Kier molecular flexibility index (Phi) is 4.22. The summed E-state index contributed by atoms with van der Waals surface area (Å²) < 4.78 is 7.55. The van der Waals surface area contributed by atoms with E-state index in [-0.39, 0.29) is 18.6 Å². The molecular weight excluding hydrogens is 304 g/mol. The number of ether oxygens (including phenoxy) is 1. The lowest BCUT2D eigenvalue weighted by Gasteiger charge is -2.24. The van der Waals surface area contributed by atoms with Gasteiger partial charge in [-0.1, -0.05) is 35.0 Å². The van der Waals surface area contributed by atoms with Crippen molar-refractivity contribution in [1.29, 1.82) is 0 Å². The molecule has 2 aromatic rings. The maximum Gasteiger partial charge on any atom is 0.274 e. The van der Waals surface area contributed by atoms with Crippen LogP contribution in [0.1, 0.15) is 27.8 Å². The summed E-state index contributed by atoms with van der Waals surface area (Å²) in [6, 6.07) is 7.50. The minimum absolute atomic E-state index is 0.129. The van der Waals surface area contributed by atoms with E-state index in [9.17, 15) is 4.79 Å². The van der Waals surface area contributed by atoms with Crippen LogP contribution in [0.2, 0.25) is 5.02 Å². The van der Waals surface area contributed by atoms with E-state index in [0.717, 1.165) is 5.56 Å². The van der Waals surface area contributed by atoms with E-state index < -0.39 is 0 Å². The summed E-state index contributed by atoms with van der Waals surface area (Å²) in [5.41, 5.74) is 2.01. The fourth-order valence-corrected chi connectivity index (χ4v) is 2.44. The Hall–Kier alpha value is -2.18. The van der Waals surface area contributed by atoms with Gasteiger partial charge in [-0.3, -0.25) is 4.79 Å². The van der Waals surface area contributed by atoms with Crippen LogP contribution in [0.3, 0.4) is 0 Å². The smallest absolute Gasteiger partial charge is 0.274 e. The van der Waals surface area contributed by atoms with Crippen LogP contribution in [0, 0.1) is 0 Å². The molecule has 0 unspecified atom stereocenters. The van der Waals surface area contributed by atoms with E-state index >= 15 is 0 Å². The van der Waals surface area contributed by atoms with Crippen LogP contribution >= 0.6 is 11.6 Å². The van der Waals surface area contributed by atoms with Crippen LogP contribution in [-0.2, 0) is 17.9 Å². The molecule has 0 spiro atoms. The first-order chi connectivity index (χ1) is 10.7. The van der Waals surface area contributed by atoms with Crippen molar-refractivity contribution in [3.63, 3.8) is 0 Å². The van der Waals surface area contributed by atoms with Gasteiger partial charge in [-0.05, 0) is 17.7 Å². The van der Waals surface area contributed by atoms with Crippen molar-refractivity contribution >= 4 is 17.5 Å². The van der Waals surface area contributed by atoms with Crippen LogP contribution in [0.15, 0.2) is 36.9 Å². The Bertz CT molecular complexity index is 696. The standard InChI is InChI=1S/C15H15ClN4O2/c1-2-7-17-15(21)14-12-9-22-13(8-20(12)19-18-14)10-3-5-11(16)6-4-10/h2-6,13H,1,7-9H2,(H,17,21)/t13-/m0/s1. The monoisotopic (exact) mass is 318 g/mol. The molecule has 114 valence electrons. The molecule has 22 heavy (non-hydrogen) atoms. The van der Waals surface area contributed by atoms with Crippen molar-refractivity contribution in [3.8, 4) is 0 Å². The molecule has 3 rings (SSSR count). The van der Waals surface area contributed by atoms with Crippen molar-refractivity contribution < 1.29 is 9.53 Å². The highest BCUT2D eigenvalue weighted by molar-refractivity contribution is 6.30. The molecule has 6 nitrogen and oxygen atoms in total. The van der Waals surface area contributed by atoms with Gasteiger partial charge in [0, 0.05) is 11.6 Å². The number of nitrogens with one attached hydrogen (secondary N) is 1. The third-order valence-electron chi connectivity index (χ3n) is 3.46. The molecule has 1 aliphatic rings. The third kappa shape index (κ3) is 2.88. The first kappa shape index (κ1) is 14.7. The molecule has 7 heteroatoms. The molecule has 0 saturated carbocycles. The summed E-state index contributed by atoms with van der Waals surface area (Å²) in [5, 5.41) is 11.4. The fourth-order valence-electron chi connectivity index (χ4n) is 2.32. The van der Waals surface area contributed by atoms with Gasteiger partial charge in [0.05, 0.1) is 18.8 Å². The Morgan fingerprint density at radius 3 is 3.00 bits per heavy atom. The average Bonchev–Trinajstić information content (AvgIpc) is 2.96. The first-order valence-electron chi connectivity index (χ1n) is 6.87. The normalized spacial score (nSPS) is 16.9. The van der Waals surface area contributed by atoms with E-state index in [2.05, 4.69) is 22.2 Å². The molecule has 0 bridgehead atoms. The topological polar surface area (TPSA) is 69.0 Å². The fraction of sp³-hybridized carbons (Fsp3) is 0.267. The molecule has 0 aliphatic carbocycles. The Balaban J connectivity index is 1.77. The lowest BCUT2D eigenvalue weighted by atomic mass is 10.1. The lowest BCUT2D eigenvalue weighted by Crippen LogP contribution is -2.27. The van der Waals surface area contributed by atoms with Gasteiger partial charge in [-0.25, -0.2) is 4.68 Å². The zero-order chi connectivity index (χ0) is 15.5. The Labute approximate surface area is 132 Å².